The summed E-state index contributed by atoms with van der Waals surface area (Å²) in [4.78, 5) is 1.87. The van der Waals surface area contributed by atoms with Gasteiger partial charge in [-0.1, -0.05) is 26.7 Å². The zero-order valence-corrected chi connectivity index (χ0v) is 9.87. The fourth-order valence-electron chi connectivity index (χ4n) is 2.33. The van der Waals surface area contributed by atoms with Crippen LogP contribution in [-0.2, 0) is 0 Å². The fraction of sp³-hybridized carbons (Fsp3) is 1.00. The SMILES string of the molecule is CCCC[NH+]1CCC(CCC)C1.[Cl-]. The maximum absolute atomic E-state index is 2.31. The normalized spacial score (nSPS) is 27.2. The maximum atomic E-state index is 2.31. The summed E-state index contributed by atoms with van der Waals surface area (Å²) >= 11 is 0. The van der Waals surface area contributed by atoms with Crippen molar-refractivity contribution < 1.29 is 17.3 Å². The molecule has 1 saturated heterocycles. The average molecular weight is 206 g/mol. The number of halogens is 1. The molecule has 0 aromatic rings. The molecule has 80 valence electrons. The van der Waals surface area contributed by atoms with Crippen LogP contribution in [0.2, 0.25) is 0 Å². The highest BCUT2D eigenvalue weighted by Crippen LogP contribution is 2.10. The van der Waals surface area contributed by atoms with Gasteiger partial charge in [0.15, 0.2) is 0 Å². The number of rotatable bonds is 5. The van der Waals surface area contributed by atoms with Crippen LogP contribution in [0.3, 0.4) is 0 Å². The van der Waals surface area contributed by atoms with Gasteiger partial charge in [0.25, 0.3) is 0 Å². The second-order valence-corrected chi connectivity index (χ2v) is 4.25. The lowest BCUT2D eigenvalue weighted by molar-refractivity contribution is -0.889. The van der Waals surface area contributed by atoms with Crippen LogP contribution in [0.5, 0.6) is 0 Å². The largest absolute Gasteiger partial charge is 1.00 e. The van der Waals surface area contributed by atoms with E-state index in [2.05, 4.69) is 13.8 Å². The Bertz CT molecular complexity index is 117. The molecule has 0 radical (unpaired) electrons. The Balaban J connectivity index is 0.00000144. The molecule has 0 aromatic heterocycles. The van der Waals surface area contributed by atoms with Crippen molar-refractivity contribution in [1.82, 2.24) is 0 Å². The summed E-state index contributed by atoms with van der Waals surface area (Å²) in [5.41, 5.74) is 0. The molecule has 0 amide bonds. The summed E-state index contributed by atoms with van der Waals surface area (Å²) < 4.78 is 0. The van der Waals surface area contributed by atoms with Crippen molar-refractivity contribution in [2.75, 3.05) is 19.6 Å². The average Bonchev–Trinajstić information content (AvgIpc) is 2.50. The van der Waals surface area contributed by atoms with E-state index in [0.717, 1.165) is 5.92 Å². The summed E-state index contributed by atoms with van der Waals surface area (Å²) in [7, 11) is 0. The fourth-order valence-corrected chi connectivity index (χ4v) is 2.33. The standard InChI is InChI=1S/C11H23N.ClH/c1-3-5-8-12-9-7-11(10-12)6-4-2;/h11H,3-10H2,1-2H3;1H. The van der Waals surface area contributed by atoms with Crippen LogP contribution in [-0.4, -0.2) is 19.6 Å². The highest BCUT2D eigenvalue weighted by molar-refractivity contribution is 4.61. The number of hydrogen-bond acceptors (Lipinski definition) is 0. The van der Waals surface area contributed by atoms with Crippen molar-refractivity contribution in [2.24, 2.45) is 5.92 Å². The van der Waals surface area contributed by atoms with E-state index in [9.17, 15) is 0 Å². The number of nitrogens with one attached hydrogen (secondary N) is 1. The Morgan fingerprint density at radius 3 is 2.62 bits per heavy atom. The van der Waals surface area contributed by atoms with Crippen LogP contribution in [0.25, 0.3) is 0 Å². The molecule has 2 heteroatoms. The monoisotopic (exact) mass is 205 g/mol. The maximum Gasteiger partial charge on any atom is 0.0801 e. The Kier molecular flexibility index (Phi) is 7.78. The molecule has 0 saturated carbocycles. The van der Waals surface area contributed by atoms with E-state index in [0.29, 0.717) is 0 Å². The van der Waals surface area contributed by atoms with Crippen molar-refractivity contribution >= 4 is 0 Å². The molecule has 13 heavy (non-hydrogen) atoms. The number of likely N-dealkylation sites (tertiary alicyclic amines) is 1. The number of quaternary nitrogens is 1. The van der Waals surface area contributed by atoms with Crippen LogP contribution in [0, 0.1) is 5.92 Å². The van der Waals surface area contributed by atoms with E-state index in [-0.39, 0.29) is 12.4 Å². The first-order chi connectivity index (χ1) is 5.86. The Morgan fingerprint density at radius 2 is 2.00 bits per heavy atom. The summed E-state index contributed by atoms with van der Waals surface area (Å²) in [6.07, 6.45) is 7.13. The van der Waals surface area contributed by atoms with Crippen LogP contribution >= 0.6 is 0 Å². The van der Waals surface area contributed by atoms with Crippen molar-refractivity contribution in [2.45, 2.75) is 46.0 Å². The van der Waals surface area contributed by atoms with Crippen molar-refractivity contribution in [3.63, 3.8) is 0 Å². The van der Waals surface area contributed by atoms with Crippen LogP contribution in [0.15, 0.2) is 0 Å². The van der Waals surface area contributed by atoms with Gasteiger partial charge in [0, 0.05) is 12.3 Å². The minimum Gasteiger partial charge on any atom is -1.00 e. The van der Waals surface area contributed by atoms with E-state index >= 15 is 0 Å². The Hall–Kier alpha value is 0.250. The molecule has 2 unspecified atom stereocenters. The highest BCUT2D eigenvalue weighted by Gasteiger charge is 2.24. The molecule has 0 bridgehead atoms. The summed E-state index contributed by atoms with van der Waals surface area (Å²) in [6.45, 7) is 8.94. The Morgan fingerprint density at radius 1 is 1.23 bits per heavy atom. The molecule has 0 aliphatic carbocycles. The minimum absolute atomic E-state index is 0. The smallest absolute Gasteiger partial charge is 0.0801 e. The molecule has 1 rings (SSSR count). The highest BCUT2D eigenvalue weighted by atomic mass is 35.5. The lowest BCUT2D eigenvalue weighted by atomic mass is 10.0. The Labute approximate surface area is 89.3 Å². The number of hydrogen-bond donors (Lipinski definition) is 1. The topological polar surface area (TPSA) is 4.44 Å². The third-order valence-electron chi connectivity index (χ3n) is 3.06. The van der Waals surface area contributed by atoms with Gasteiger partial charge in [0.05, 0.1) is 19.6 Å². The molecule has 0 aromatic carbocycles. The first-order valence-electron chi connectivity index (χ1n) is 5.70. The molecule has 0 spiro atoms. The molecule has 1 N–H and O–H groups in total. The van der Waals surface area contributed by atoms with Crippen LogP contribution in [0.1, 0.15) is 46.0 Å². The third-order valence-corrected chi connectivity index (χ3v) is 3.06. The molecule has 1 aliphatic heterocycles. The second kappa shape index (κ2) is 7.64. The first-order valence-corrected chi connectivity index (χ1v) is 5.70. The summed E-state index contributed by atoms with van der Waals surface area (Å²) in [5, 5.41) is 0. The third kappa shape index (κ3) is 4.87. The summed E-state index contributed by atoms with van der Waals surface area (Å²) in [6, 6.07) is 0. The van der Waals surface area contributed by atoms with Crippen molar-refractivity contribution in [3.8, 4) is 0 Å². The predicted octanol–water partition coefficient (Wildman–Crippen LogP) is -1.50. The molecule has 1 aliphatic rings. The van der Waals surface area contributed by atoms with Gasteiger partial charge in [0.2, 0.25) is 0 Å². The van der Waals surface area contributed by atoms with E-state index in [1.165, 1.54) is 51.7 Å². The van der Waals surface area contributed by atoms with Gasteiger partial charge in [-0.15, -0.1) is 0 Å². The van der Waals surface area contributed by atoms with Gasteiger partial charge in [-0.05, 0) is 12.8 Å². The first kappa shape index (κ1) is 13.2. The molecule has 1 heterocycles. The van der Waals surface area contributed by atoms with Gasteiger partial charge < -0.3 is 17.3 Å². The predicted molar refractivity (Wildman–Crippen MR) is 53.5 cm³/mol. The lowest BCUT2D eigenvalue weighted by Gasteiger charge is -2.12. The van der Waals surface area contributed by atoms with Crippen LogP contribution < -0.4 is 17.3 Å². The molecular formula is C11H24ClN. The quantitative estimate of drug-likeness (QED) is 0.557. The van der Waals surface area contributed by atoms with E-state index in [1.807, 2.05) is 4.90 Å². The lowest BCUT2D eigenvalue weighted by Crippen LogP contribution is -3.10. The van der Waals surface area contributed by atoms with E-state index in [1.54, 1.807) is 0 Å². The van der Waals surface area contributed by atoms with Gasteiger partial charge >= 0.3 is 0 Å². The second-order valence-electron chi connectivity index (χ2n) is 4.25. The van der Waals surface area contributed by atoms with Gasteiger partial charge in [0.1, 0.15) is 0 Å². The number of unbranched alkanes of at least 4 members (excludes halogenated alkanes) is 1. The molecule has 2 atom stereocenters. The van der Waals surface area contributed by atoms with Gasteiger partial charge in [-0.3, -0.25) is 0 Å². The van der Waals surface area contributed by atoms with Crippen molar-refractivity contribution in [1.29, 1.82) is 0 Å². The van der Waals surface area contributed by atoms with E-state index < -0.39 is 0 Å². The summed E-state index contributed by atoms with van der Waals surface area (Å²) in [5.74, 6) is 1.06. The van der Waals surface area contributed by atoms with Crippen molar-refractivity contribution in [3.05, 3.63) is 0 Å². The zero-order chi connectivity index (χ0) is 8.81. The zero-order valence-electron chi connectivity index (χ0n) is 9.11. The van der Waals surface area contributed by atoms with E-state index in [4.69, 9.17) is 0 Å². The van der Waals surface area contributed by atoms with Gasteiger partial charge in [-0.2, -0.15) is 0 Å². The van der Waals surface area contributed by atoms with Crippen LogP contribution in [0.4, 0.5) is 0 Å². The van der Waals surface area contributed by atoms with Gasteiger partial charge in [-0.25, -0.2) is 0 Å². The minimum atomic E-state index is 0. The molecular weight excluding hydrogens is 182 g/mol. The molecule has 1 nitrogen and oxygen atoms in total. The molecule has 1 fully saturated rings.